The summed E-state index contributed by atoms with van der Waals surface area (Å²) in [5.41, 5.74) is 3.93. The molecule has 1 amide bonds. The van der Waals surface area contributed by atoms with Crippen molar-refractivity contribution in [3.63, 3.8) is 0 Å². The average molecular weight is 409 g/mol. The van der Waals surface area contributed by atoms with Crippen LogP contribution in [0.3, 0.4) is 0 Å². The molecule has 3 aromatic rings. The minimum Gasteiger partial charge on any atom is -0.466 e. The number of aryl methyl sites for hydroxylation is 2. The van der Waals surface area contributed by atoms with Crippen molar-refractivity contribution in [3.8, 4) is 11.3 Å². The lowest BCUT2D eigenvalue weighted by Crippen LogP contribution is -2.12. The van der Waals surface area contributed by atoms with Crippen LogP contribution in [0.1, 0.15) is 29.3 Å². The van der Waals surface area contributed by atoms with Crippen molar-refractivity contribution in [2.75, 3.05) is 11.9 Å². The average Bonchev–Trinajstić information content (AvgIpc) is 3.10. The van der Waals surface area contributed by atoms with Gasteiger partial charge >= 0.3 is 5.97 Å². The smallest absolute Gasteiger partial charge is 0.311 e. The Kier molecular flexibility index (Phi) is 7.14. The predicted octanol–water partition coefficient (Wildman–Crippen LogP) is 4.80. The van der Waals surface area contributed by atoms with Gasteiger partial charge in [0, 0.05) is 16.9 Å². The number of amides is 1. The highest BCUT2D eigenvalue weighted by Gasteiger charge is 2.18. The first-order valence-corrected chi connectivity index (χ1v) is 10.4. The van der Waals surface area contributed by atoms with Gasteiger partial charge in [-0.2, -0.15) is 0 Å². The molecule has 1 N–H and O–H groups in total. The number of carbonyl (C=O) groups excluding carboxylic acids is 2. The van der Waals surface area contributed by atoms with E-state index in [0.717, 1.165) is 16.0 Å². The summed E-state index contributed by atoms with van der Waals surface area (Å²) < 4.78 is 5.08. The molecule has 5 nitrogen and oxygen atoms in total. The zero-order chi connectivity index (χ0) is 20.6. The lowest BCUT2D eigenvalue weighted by molar-refractivity contribution is -0.142. The van der Waals surface area contributed by atoms with Gasteiger partial charge in [0.05, 0.1) is 18.7 Å². The first kappa shape index (κ1) is 20.7. The molecule has 1 aromatic heterocycles. The molecular weight excluding hydrogens is 384 g/mol. The molecule has 0 radical (unpaired) electrons. The topological polar surface area (TPSA) is 68.3 Å². The molecule has 3 rings (SSSR count). The van der Waals surface area contributed by atoms with Crippen molar-refractivity contribution in [2.45, 2.75) is 33.1 Å². The molecule has 0 unspecified atom stereocenters. The highest BCUT2D eigenvalue weighted by atomic mass is 32.1. The third-order valence-corrected chi connectivity index (χ3v) is 5.33. The second kappa shape index (κ2) is 9.98. The van der Waals surface area contributed by atoms with Crippen molar-refractivity contribution in [1.29, 1.82) is 0 Å². The summed E-state index contributed by atoms with van der Waals surface area (Å²) in [6.07, 6.45) is 1.17. The van der Waals surface area contributed by atoms with Crippen LogP contribution in [0.15, 0.2) is 54.6 Å². The molecule has 0 saturated carbocycles. The fourth-order valence-corrected chi connectivity index (χ4v) is 3.87. The van der Waals surface area contributed by atoms with Gasteiger partial charge in [0.15, 0.2) is 5.13 Å². The van der Waals surface area contributed by atoms with Crippen molar-refractivity contribution in [1.82, 2.24) is 4.98 Å². The Morgan fingerprint density at radius 1 is 1.07 bits per heavy atom. The summed E-state index contributed by atoms with van der Waals surface area (Å²) in [6, 6.07) is 17.8. The highest BCUT2D eigenvalue weighted by Crippen LogP contribution is 2.32. The summed E-state index contributed by atoms with van der Waals surface area (Å²) in [6.45, 7) is 4.15. The van der Waals surface area contributed by atoms with Gasteiger partial charge in [0.25, 0.3) is 0 Å². The van der Waals surface area contributed by atoms with Crippen LogP contribution in [-0.4, -0.2) is 23.5 Å². The third-order valence-electron chi connectivity index (χ3n) is 4.36. The van der Waals surface area contributed by atoms with Gasteiger partial charge < -0.3 is 10.1 Å². The molecule has 0 atom stereocenters. The van der Waals surface area contributed by atoms with E-state index in [-0.39, 0.29) is 18.3 Å². The van der Waals surface area contributed by atoms with Gasteiger partial charge in [-0.25, -0.2) is 4.98 Å². The lowest BCUT2D eigenvalue weighted by Gasteiger charge is -2.03. The molecule has 0 saturated heterocycles. The Bertz CT molecular complexity index is 966. The number of ether oxygens (including phenoxy) is 1. The number of nitrogens with zero attached hydrogens (tertiary/aromatic N) is 1. The normalized spacial score (nSPS) is 10.6. The molecule has 0 aliphatic rings. The largest absolute Gasteiger partial charge is 0.466 e. The molecule has 2 aromatic carbocycles. The minimum atomic E-state index is -0.300. The number of hydrogen-bond donors (Lipinski definition) is 1. The Hall–Kier alpha value is -2.99. The Labute approximate surface area is 174 Å². The predicted molar refractivity (Wildman–Crippen MR) is 116 cm³/mol. The van der Waals surface area contributed by atoms with Crippen molar-refractivity contribution >= 4 is 28.3 Å². The van der Waals surface area contributed by atoms with Gasteiger partial charge in [0.2, 0.25) is 5.91 Å². The molecule has 150 valence electrons. The van der Waals surface area contributed by atoms with E-state index in [4.69, 9.17) is 4.74 Å². The quantitative estimate of drug-likeness (QED) is 0.544. The SMILES string of the molecule is CCOC(=O)Cc1sc(NC(=O)CCc2ccc(C)cc2)nc1-c1ccccc1. The molecule has 0 aliphatic heterocycles. The molecule has 29 heavy (non-hydrogen) atoms. The number of hydrogen-bond acceptors (Lipinski definition) is 5. The van der Waals surface area contributed by atoms with Crippen LogP contribution in [-0.2, 0) is 27.2 Å². The van der Waals surface area contributed by atoms with Gasteiger partial charge in [0.1, 0.15) is 0 Å². The summed E-state index contributed by atoms with van der Waals surface area (Å²) in [4.78, 5) is 29.7. The van der Waals surface area contributed by atoms with E-state index in [1.807, 2.05) is 61.5 Å². The number of nitrogens with one attached hydrogen (secondary N) is 1. The zero-order valence-corrected chi connectivity index (χ0v) is 17.4. The molecule has 1 heterocycles. The van der Waals surface area contributed by atoms with Crippen LogP contribution in [0, 0.1) is 6.92 Å². The molecule has 6 heteroatoms. The van der Waals surface area contributed by atoms with Gasteiger partial charge in [-0.1, -0.05) is 60.2 Å². The third kappa shape index (κ3) is 5.99. The molecule has 0 fully saturated rings. The first-order valence-electron chi connectivity index (χ1n) is 9.61. The van der Waals surface area contributed by atoms with Crippen LogP contribution >= 0.6 is 11.3 Å². The Morgan fingerprint density at radius 3 is 2.48 bits per heavy atom. The van der Waals surface area contributed by atoms with E-state index >= 15 is 0 Å². The first-order chi connectivity index (χ1) is 14.0. The van der Waals surface area contributed by atoms with Gasteiger partial charge in [-0.05, 0) is 25.8 Å². The molecular formula is C23H24N2O3S. The van der Waals surface area contributed by atoms with Gasteiger partial charge in [-0.3, -0.25) is 9.59 Å². The summed E-state index contributed by atoms with van der Waals surface area (Å²) in [5.74, 6) is -0.396. The number of carbonyl (C=O) groups is 2. The van der Waals surface area contributed by atoms with E-state index in [9.17, 15) is 9.59 Å². The number of rotatable bonds is 8. The lowest BCUT2D eigenvalue weighted by atomic mass is 10.1. The zero-order valence-electron chi connectivity index (χ0n) is 16.6. The van der Waals surface area contributed by atoms with Crippen molar-refractivity contribution < 1.29 is 14.3 Å². The Morgan fingerprint density at radius 2 is 1.79 bits per heavy atom. The summed E-state index contributed by atoms with van der Waals surface area (Å²) >= 11 is 1.32. The molecule has 0 bridgehead atoms. The molecule has 0 spiro atoms. The van der Waals surface area contributed by atoms with Crippen LogP contribution < -0.4 is 5.32 Å². The van der Waals surface area contributed by atoms with E-state index < -0.39 is 0 Å². The maximum Gasteiger partial charge on any atom is 0.311 e. The summed E-state index contributed by atoms with van der Waals surface area (Å²) in [7, 11) is 0. The fraction of sp³-hybridized carbons (Fsp3) is 0.261. The summed E-state index contributed by atoms with van der Waals surface area (Å²) in [5, 5.41) is 3.37. The van der Waals surface area contributed by atoms with Gasteiger partial charge in [-0.15, -0.1) is 11.3 Å². The van der Waals surface area contributed by atoms with Crippen LogP contribution in [0.5, 0.6) is 0 Å². The van der Waals surface area contributed by atoms with E-state index in [0.29, 0.717) is 30.3 Å². The fourth-order valence-electron chi connectivity index (χ4n) is 2.88. The van der Waals surface area contributed by atoms with Crippen LogP contribution in [0.25, 0.3) is 11.3 Å². The monoisotopic (exact) mass is 408 g/mol. The number of thiazole rings is 1. The van der Waals surface area contributed by atoms with E-state index in [1.165, 1.54) is 16.9 Å². The van der Waals surface area contributed by atoms with Crippen LogP contribution in [0.4, 0.5) is 5.13 Å². The standard InChI is InChI=1S/C23H24N2O3S/c1-3-28-21(27)15-19-22(18-7-5-4-6-8-18)25-23(29-19)24-20(26)14-13-17-11-9-16(2)10-12-17/h4-12H,3,13-15H2,1-2H3,(H,24,25,26). The Balaban J connectivity index is 1.71. The number of anilines is 1. The second-order valence-corrected chi connectivity index (χ2v) is 7.76. The highest BCUT2D eigenvalue weighted by molar-refractivity contribution is 7.16. The maximum absolute atomic E-state index is 12.4. The number of benzene rings is 2. The van der Waals surface area contributed by atoms with Crippen LogP contribution in [0.2, 0.25) is 0 Å². The van der Waals surface area contributed by atoms with Crippen molar-refractivity contribution in [3.05, 3.63) is 70.6 Å². The van der Waals surface area contributed by atoms with Crippen molar-refractivity contribution in [2.24, 2.45) is 0 Å². The number of esters is 1. The van der Waals surface area contributed by atoms with E-state index in [1.54, 1.807) is 6.92 Å². The van der Waals surface area contributed by atoms with E-state index in [2.05, 4.69) is 10.3 Å². The maximum atomic E-state index is 12.4. The second-order valence-electron chi connectivity index (χ2n) is 6.67. The molecule has 0 aliphatic carbocycles. The minimum absolute atomic E-state index is 0.0957. The number of aromatic nitrogens is 1.